The van der Waals surface area contributed by atoms with Crippen LogP contribution in [0.1, 0.15) is 0 Å². The van der Waals surface area contributed by atoms with E-state index in [1.54, 1.807) is 0 Å². The second kappa shape index (κ2) is 9.87. The fraction of sp³-hybridized carbons (Fsp3) is 0. The van der Waals surface area contributed by atoms with Crippen molar-refractivity contribution in [1.29, 1.82) is 0 Å². The first kappa shape index (κ1) is 25.5. The predicted octanol–water partition coefficient (Wildman–Crippen LogP) is 12.2. The largest absolute Gasteiger partial charge is 0.294 e. The summed E-state index contributed by atoms with van der Waals surface area (Å²) in [6.07, 6.45) is 1.89. The third kappa shape index (κ3) is 3.67. The van der Waals surface area contributed by atoms with E-state index in [9.17, 15) is 0 Å². The van der Waals surface area contributed by atoms with Gasteiger partial charge in [-0.3, -0.25) is 4.57 Å². The summed E-state index contributed by atoms with van der Waals surface area (Å²) in [6, 6.07) is 55.2. The molecular formula is C43H26N2S. The van der Waals surface area contributed by atoms with Crippen molar-refractivity contribution in [2.45, 2.75) is 0 Å². The summed E-state index contributed by atoms with van der Waals surface area (Å²) in [7, 11) is 0. The van der Waals surface area contributed by atoms with E-state index in [-0.39, 0.29) is 0 Å². The SMILES string of the molecule is c1ccc(-c2c3ccccc3c(-c3ccc4c(c3)sc3cc(-n5c6ccccc6c6cccnc65)ccc34)c3ccccc23)cc1. The fourth-order valence-corrected chi connectivity index (χ4v) is 8.65. The van der Waals surface area contributed by atoms with Crippen LogP contribution in [0, 0.1) is 0 Å². The van der Waals surface area contributed by atoms with Crippen molar-refractivity contribution >= 4 is 75.0 Å². The zero-order chi connectivity index (χ0) is 30.2. The van der Waals surface area contributed by atoms with Gasteiger partial charge < -0.3 is 0 Å². The Labute approximate surface area is 269 Å². The Morgan fingerprint density at radius 2 is 0.978 bits per heavy atom. The summed E-state index contributed by atoms with van der Waals surface area (Å²) < 4.78 is 4.87. The van der Waals surface area contributed by atoms with E-state index >= 15 is 0 Å². The summed E-state index contributed by atoms with van der Waals surface area (Å²) >= 11 is 1.87. The molecule has 0 N–H and O–H groups in total. The van der Waals surface area contributed by atoms with Gasteiger partial charge in [0.05, 0.1) is 5.52 Å². The van der Waals surface area contributed by atoms with E-state index in [0.29, 0.717) is 0 Å². The molecule has 7 aromatic carbocycles. The Kier molecular flexibility index (Phi) is 5.48. The molecule has 3 heterocycles. The third-order valence-electron chi connectivity index (χ3n) is 9.43. The fourth-order valence-electron chi connectivity index (χ4n) is 7.47. The van der Waals surface area contributed by atoms with Crippen molar-refractivity contribution in [3.05, 3.63) is 158 Å². The average molecular weight is 603 g/mol. The molecule has 0 aliphatic rings. The number of rotatable bonds is 3. The molecule has 0 saturated carbocycles. The molecule has 0 aliphatic heterocycles. The number of aromatic nitrogens is 2. The number of nitrogens with zero attached hydrogens (tertiary/aromatic N) is 2. The van der Waals surface area contributed by atoms with Gasteiger partial charge in [-0.1, -0.05) is 115 Å². The van der Waals surface area contributed by atoms with Gasteiger partial charge in [0, 0.05) is 42.8 Å². The van der Waals surface area contributed by atoms with E-state index in [1.165, 1.54) is 80.3 Å². The second-order valence-corrected chi connectivity index (χ2v) is 13.0. The van der Waals surface area contributed by atoms with Gasteiger partial charge in [0.15, 0.2) is 0 Å². The van der Waals surface area contributed by atoms with E-state index in [1.807, 2.05) is 23.6 Å². The molecule has 0 spiro atoms. The summed E-state index contributed by atoms with van der Waals surface area (Å²) in [6.45, 7) is 0. The van der Waals surface area contributed by atoms with Crippen molar-refractivity contribution in [1.82, 2.24) is 9.55 Å². The van der Waals surface area contributed by atoms with Gasteiger partial charge in [0.2, 0.25) is 0 Å². The van der Waals surface area contributed by atoms with E-state index in [2.05, 4.69) is 150 Å². The number of thiophene rings is 1. The molecule has 10 rings (SSSR count). The van der Waals surface area contributed by atoms with Crippen molar-refractivity contribution in [2.24, 2.45) is 0 Å². The van der Waals surface area contributed by atoms with Crippen molar-refractivity contribution < 1.29 is 0 Å². The molecule has 0 atom stereocenters. The van der Waals surface area contributed by atoms with Gasteiger partial charge in [-0.15, -0.1) is 11.3 Å². The quantitative estimate of drug-likeness (QED) is 0.184. The van der Waals surface area contributed by atoms with Crippen LogP contribution in [-0.4, -0.2) is 9.55 Å². The smallest absolute Gasteiger partial charge is 0.145 e. The lowest BCUT2D eigenvalue weighted by atomic mass is 9.86. The normalized spacial score (nSPS) is 11.9. The predicted molar refractivity (Wildman–Crippen MR) is 197 cm³/mol. The van der Waals surface area contributed by atoms with E-state index in [0.717, 1.165) is 11.3 Å². The van der Waals surface area contributed by atoms with Gasteiger partial charge in [-0.25, -0.2) is 4.98 Å². The highest BCUT2D eigenvalue weighted by atomic mass is 32.1. The van der Waals surface area contributed by atoms with E-state index in [4.69, 9.17) is 4.98 Å². The molecule has 3 heteroatoms. The molecule has 0 radical (unpaired) electrons. The molecule has 214 valence electrons. The average Bonchev–Trinajstić information content (AvgIpc) is 3.65. The van der Waals surface area contributed by atoms with Crippen molar-refractivity contribution in [3.8, 4) is 27.9 Å². The monoisotopic (exact) mass is 602 g/mol. The minimum Gasteiger partial charge on any atom is -0.294 e. The highest BCUT2D eigenvalue weighted by Crippen LogP contribution is 2.45. The lowest BCUT2D eigenvalue weighted by Gasteiger charge is -2.17. The van der Waals surface area contributed by atoms with Crippen molar-refractivity contribution in [3.63, 3.8) is 0 Å². The molecular weight excluding hydrogens is 577 g/mol. The Hall–Kier alpha value is -5.77. The first-order valence-corrected chi connectivity index (χ1v) is 16.5. The molecule has 2 nitrogen and oxygen atoms in total. The van der Waals surface area contributed by atoms with E-state index < -0.39 is 0 Å². The number of benzene rings is 7. The van der Waals surface area contributed by atoms with Crippen LogP contribution in [0.15, 0.2) is 158 Å². The summed E-state index contributed by atoms with van der Waals surface area (Å²) in [5.41, 5.74) is 8.39. The maximum Gasteiger partial charge on any atom is 0.145 e. The first-order chi connectivity index (χ1) is 22.8. The molecule has 0 aliphatic carbocycles. The Balaban J connectivity index is 1.20. The molecule has 0 fully saturated rings. The minimum absolute atomic E-state index is 0.990. The van der Waals surface area contributed by atoms with Crippen LogP contribution >= 0.6 is 11.3 Å². The molecule has 46 heavy (non-hydrogen) atoms. The number of para-hydroxylation sites is 1. The lowest BCUT2D eigenvalue weighted by Crippen LogP contribution is -1.94. The Morgan fingerprint density at radius 1 is 0.413 bits per heavy atom. The molecule has 0 unspecified atom stereocenters. The van der Waals surface area contributed by atoms with Gasteiger partial charge >= 0.3 is 0 Å². The zero-order valence-electron chi connectivity index (χ0n) is 24.8. The van der Waals surface area contributed by atoms with Gasteiger partial charge in [-0.05, 0) is 80.2 Å². The Morgan fingerprint density at radius 3 is 1.70 bits per heavy atom. The second-order valence-electron chi connectivity index (χ2n) is 11.9. The van der Waals surface area contributed by atoms with Crippen LogP contribution in [-0.2, 0) is 0 Å². The molecule has 3 aromatic heterocycles. The lowest BCUT2D eigenvalue weighted by molar-refractivity contribution is 1.14. The molecule has 0 saturated heterocycles. The number of hydrogen-bond acceptors (Lipinski definition) is 2. The Bertz CT molecular complexity index is 2690. The van der Waals surface area contributed by atoms with Crippen LogP contribution in [0.2, 0.25) is 0 Å². The van der Waals surface area contributed by atoms with Crippen molar-refractivity contribution in [2.75, 3.05) is 0 Å². The van der Waals surface area contributed by atoms with Crippen LogP contribution in [0.25, 0.3) is 91.6 Å². The molecule has 10 aromatic rings. The molecule has 0 amide bonds. The highest BCUT2D eigenvalue weighted by Gasteiger charge is 2.18. The summed E-state index contributed by atoms with van der Waals surface area (Å²) in [5, 5.41) is 10.1. The number of pyridine rings is 1. The minimum atomic E-state index is 0.990. The topological polar surface area (TPSA) is 17.8 Å². The highest BCUT2D eigenvalue weighted by molar-refractivity contribution is 7.25. The van der Waals surface area contributed by atoms with Crippen LogP contribution in [0.4, 0.5) is 0 Å². The maximum absolute atomic E-state index is 4.80. The summed E-state index contributed by atoms with van der Waals surface area (Å²) in [4.78, 5) is 4.80. The zero-order valence-corrected chi connectivity index (χ0v) is 25.6. The number of fused-ring (bicyclic) bond motifs is 8. The maximum atomic E-state index is 4.80. The van der Waals surface area contributed by atoms with Gasteiger partial charge in [0.1, 0.15) is 5.65 Å². The first-order valence-electron chi connectivity index (χ1n) is 15.6. The van der Waals surface area contributed by atoms with Gasteiger partial charge in [-0.2, -0.15) is 0 Å². The standard InChI is InChI=1S/C43H26N2S/c1-2-11-27(12-3-1)41-33-14-4-6-16-35(33)42(36-17-7-5-15-34(36)41)28-20-22-31-32-23-21-29(26-40(32)46-39(31)25-28)45-38-19-9-8-13-30(38)37-18-10-24-44-43(37)45/h1-26H. The van der Waals surface area contributed by atoms with Crippen LogP contribution < -0.4 is 0 Å². The molecule has 0 bridgehead atoms. The van der Waals surface area contributed by atoms with Gasteiger partial charge in [0.25, 0.3) is 0 Å². The van der Waals surface area contributed by atoms with Crippen LogP contribution in [0.3, 0.4) is 0 Å². The van der Waals surface area contributed by atoms with Crippen LogP contribution in [0.5, 0.6) is 0 Å². The number of hydrogen-bond donors (Lipinski definition) is 0. The third-order valence-corrected chi connectivity index (χ3v) is 10.5. The summed E-state index contributed by atoms with van der Waals surface area (Å²) in [5.74, 6) is 0.